The van der Waals surface area contributed by atoms with Crippen LogP contribution in [0.5, 0.6) is 0 Å². The van der Waals surface area contributed by atoms with E-state index < -0.39 is 0 Å². The summed E-state index contributed by atoms with van der Waals surface area (Å²) in [7, 11) is 0. The fourth-order valence-corrected chi connectivity index (χ4v) is 3.21. The molecule has 76 valence electrons. The fraction of sp³-hybridized carbons (Fsp3) is 1.00. The van der Waals surface area contributed by atoms with Crippen molar-refractivity contribution in [3.63, 3.8) is 0 Å². The number of rotatable bonds is 4. The molecule has 0 radical (unpaired) electrons. The number of nitrogens with one attached hydrogen (secondary N) is 1. The lowest BCUT2D eigenvalue weighted by Crippen LogP contribution is -2.48. The molecular formula is C11H22N2. The third-order valence-electron chi connectivity index (χ3n) is 4.24. The molecule has 2 rings (SSSR count). The van der Waals surface area contributed by atoms with Crippen LogP contribution in [0, 0.1) is 11.3 Å². The lowest BCUT2D eigenvalue weighted by molar-refractivity contribution is 0.167. The highest BCUT2D eigenvalue weighted by Crippen LogP contribution is 2.50. The Kier molecular flexibility index (Phi) is 2.61. The maximum atomic E-state index is 5.70. The predicted molar refractivity (Wildman–Crippen MR) is 55.0 cm³/mol. The van der Waals surface area contributed by atoms with E-state index in [-0.39, 0.29) is 0 Å². The minimum Gasteiger partial charge on any atom is -0.271 e. The topological polar surface area (TPSA) is 38.0 Å². The standard InChI is InChI=1S/C11H22N2/c1-2-11(7-3-4-8-11)10(13-12)9-5-6-9/h9-10,13H,2-8,12H2,1H3. The summed E-state index contributed by atoms with van der Waals surface area (Å²) in [5.41, 5.74) is 3.65. The summed E-state index contributed by atoms with van der Waals surface area (Å²) in [6, 6.07) is 0.611. The van der Waals surface area contributed by atoms with Gasteiger partial charge >= 0.3 is 0 Å². The highest BCUT2D eigenvalue weighted by molar-refractivity contribution is 5.00. The number of hydrogen-bond donors (Lipinski definition) is 2. The van der Waals surface area contributed by atoms with Crippen molar-refractivity contribution < 1.29 is 0 Å². The molecule has 1 unspecified atom stereocenters. The van der Waals surface area contributed by atoms with E-state index in [9.17, 15) is 0 Å². The summed E-state index contributed by atoms with van der Waals surface area (Å²) in [5, 5.41) is 0. The van der Waals surface area contributed by atoms with Crippen LogP contribution >= 0.6 is 0 Å². The van der Waals surface area contributed by atoms with Gasteiger partial charge in [-0.15, -0.1) is 0 Å². The molecule has 2 nitrogen and oxygen atoms in total. The van der Waals surface area contributed by atoms with Crippen molar-refractivity contribution >= 4 is 0 Å². The van der Waals surface area contributed by atoms with Gasteiger partial charge in [0.05, 0.1) is 0 Å². The largest absolute Gasteiger partial charge is 0.271 e. The van der Waals surface area contributed by atoms with Crippen molar-refractivity contribution in [1.82, 2.24) is 5.43 Å². The van der Waals surface area contributed by atoms with Crippen LogP contribution in [0.4, 0.5) is 0 Å². The quantitative estimate of drug-likeness (QED) is 0.516. The normalized spacial score (nSPS) is 29.1. The molecule has 0 aromatic rings. The summed E-state index contributed by atoms with van der Waals surface area (Å²) in [4.78, 5) is 0. The second-order valence-electron chi connectivity index (χ2n) is 4.90. The van der Waals surface area contributed by atoms with E-state index in [1.165, 1.54) is 44.9 Å². The van der Waals surface area contributed by atoms with Gasteiger partial charge in [-0.3, -0.25) is 11.3 Å². The third kappa shape index (κ3) is 1.62. The first-order chi connectivity index (χ1) is 6.32. The minimum atomic E-state index is 0.552. The van der Waals surface area contributed by atoms with Gasteiger partial charge in [-0.05, 0) is 43.4 Å². The Morgan fingerprint density at radius 2 is 2.00 bits per heavy atom. The molecule has 0 saturated heterocycles. The first kappa shape index (κ1) is 9.47. The minimum absolute atomic E-state index is 0.552. The smallest absolute Gasteiger partial charge is 0.0295 e. The van der Waals surface area contributed by atoms with Crippen LogP contribution in [0.1, 0.15) is 51.9 Å². The molecule has 13 heavy (non-hydrogen) atoms. The lowest BCUT2D eigenvalue weighted by Gasteiger charge is -2.36. The second kappa shape index (κ2) is 3.58. The average Bonchev–Trinajstić information content (AvgIpc) is 2.85. The molecular weight excluding hydrogens is 160 g/mol. The average molecular weight is 182 g/mol. The maximum absolute atomic E-state index is 5.70. The van der Waals surface area contributed by atoms with Crippen LogP contribution in [-0.2, 0) is 0 Å². The van der Waals surface area contributed by atoms with E-state index in [0.29, 0.717) is 11.5 Å². The first-order valence-corrected chi connectivity index (χ1v) is 5.78. The Balaban J connectivity index is 2.07. The van der Waals surface area contributed by atoms with Gasteiger partial charge in [0.25, 0.3) is 0 Å². The maximum Gasteiger partial charge on any atom is 0.0295 e. The van der Waals surface area contributed by atoms with Crippen LogP contribution < -0.4 is 11.3 Å². The molecule has 0 spiro atoms. The molecule has 1 atom stereocenters. The fourth-order valence-electron chi connectivity index (χ4n) is 3.21. The monoisotopic (exact) mass is 182 g/mol. The Labute approximate surface area is 81.2 Å². The number of nitrogens with two attached hydrogens (primary N) is 1. The molecule has 0 amide bonds. The van der Waals surface area contributed by atoms with Gasteiger partial charge in [0, 0.05) is 6.04 Å². The van der Waals surface area contributed by atoms with E-state index in [4.69, 9.17) is 5.84 Å². The molecule has 2 heteroatoms. The lowest BCUT2D eigenvalue weighted by atomic mass is 9.74. The van der Waals surface area contributed by atoms with E-state index in [2.05, 4.69) is 12.3 Å². The number of hydrazine groups is 1. The molecule has 2 aliphatic carbocycles. The Bertz CT molecular complexity index is 169. The van der Waals surface area contributed by atoms with Gasteiger partial charge < -0.3 is 0 Å². The van der Waals surface area contributed by atoms with Gasteiger partial charge in [0.2, 0.25) is 0 Å². The summed E-state index contributed by atoms with van der Waals surface area (Å²) in [5.74, 6) is 6.60. The van der Waals surface area contributed by atoms with Crippen molar-refractivity contribution in [2.24, 2.45) is 17.2 Å². The van der Waals surface area contributed by atoms with Gasteiger partial charge in [-0.25, -0.2) is 0 Å². The predicted octanol–water partition coefficient (Wildman–Crippen LogP) is 2.20. The van der Waals surface area contributed by atoms with E-state index in [1.807, 2.05) is 0 Å². The summed E-state index contributed by atoms with van der Waals surface area (Å²) in [6.45, 7) is 2.33. The van der Waals surface area contributed by atoms with E-state index in [0.717, 1.165) is 5.92 Å². The van der Waals surface area contributed by atoms with Crippen molar-refractivity contribution in [2.45, 2.75) is 57.9 Å². The first-order valence-electron chi connectivity index (χ1n) is 5.78. The molecule has 0 bridgehead atoms. The second-order valence-corrected chi connectivity index (χ2v) is 4.90. The van der Waals surface area contributed by atoms with Gasteiger partial charge in [0.1, 0.15) is 0 Å². The van der Waals surface area contributed by atoms with Crippen LogP contribution in [0.15, 0.2) is 0 Å². The molecule has 0 aromatic heterocycles. The molecule has 2 aliphatic rings. The van der Waals surface area contributed by atoms with E-state index >= 15 is 0 Å². The van der Waals surface area contributed by atoms with Crippen molar-refractivity contribution in [3.8, 4) is 0 Å². The molecule has 0 aliphatic heterocycles. The zero-order valence-corrected chi connectivity index (χ0v) is 8.68. The van der Waals surface area contributed by atoms with Gasteiger partial charge in [-0.1, -0.05) is 19.8 Å². The Morgan fingerprint density at radius 1 is 1.38 bits per heavy atom. The molecule has 2 saturated carbocycles. The van der Waals surface area contributed by atoms with Crippen LogP contribution in [0.2, 0.25) is 0 Å². The molecule has 0 heterocycles. The Morgan fingerprint density at radius 3 is 2.38 bits per heavy atom. The zero-order valence-electron chi connectivity index (χ0n) is 8.68. The van der Waals surface area contributed by atoms with Gasteiger partial charge in [0.15, 0.2) is 0 Å². The number of hydrogen-bond acceptors (Lipinski definition) is 2. The van der Waals surface area contributed by atoms with Crippen LogP contribution in [0.3, 0.4) is 0 Å². The zero-order chi connectivity index (χ0) is 9.31. The van der Waals surface area contributed by atoms with Crippen molar-refractivity contribution in [2.75, 3.05) is 0 Å². The van der Waals surface area contributed by atoms with Crippen LogP contribution in [-0.4, -0.2) is 6.04 Å². The Hall–Kier alpha value is -0.0800. The van der Waals surface area contributed by atoms with Crippen molar-refractivity contribution in [1.29, 1.82) is 0 Å². The molecule has 2 fully saturated rings. The summed E-state index contributed by atoms with van der Waals surface area (Å²) < 4.78 is 0. The van der Waals surface area contributed by atoms with E-state index in [1.54, 1.807) is 0 Å². The van der Waals surface area contributed by atoms with Gasteiger partial charge in [-0.2, -0.15) is 0 Å². The summed E-state index contributed by atoms with van der Waals surface area (Å²) in [6.07, 6.45) is 9.73. The van der Waals surface area contributed by atoms with Crippen molar-refractivity contribution in [3.05, 3.63) is 0 Å². The molecule has 0 aromatic carbocycles. The molecule has 3 N–H and O–H groups in total. The van der Waals surface area contributed by atoms with Crippen LogP contribution in [0.25, 0.3) is 0 Å². The SMILES string of the molecule is CCC1(C(NN)C2CC2)CCCC1. The summed E-state index contributed by atoms with van der Waals surface area (Å²) >= 11 is 0. The third-order valence-corrected chi connectivity index (χ3v) is 4.24. The highest BCUT2D eigenvalue weighted by Gasteiger charge is 2.46. The highest BCUT2D eigenvalue weighted by atomic mass is 15.2.